The van der Waals surface area contributed by atoms with Crippen LogP contribution in [0.25, 0.3) is 0 Å². The summed E-state index contributed by atoms with van der Waals surface area (Å²) in [5.41, 5.74) is 0.847. The molecule has 4 heteroatoms. The van der Waals surface area contributed by atoms with Crippen LogP contribution in [-0.2, 0) is 4.79 Å². The molecule has 0 unspecified atom stereocenters. The second kappa shape index (κ2) is 8.08. The van der Waals surface area contributed by atoms with Crippen molar-refractivity contribution < 1.29 is 14.3 Å². The lowest BCUT2D eigenvalue weighted by molar-refractivity contribution is -0.120. The number of carbonyl (C=O) groups excluding carboxylic acids is 1. The molecule has 0 radical (unpaired) electrons. The van der Waals surface area contributed by atoms with Crippen LogP contribution in [0.3, 0.4) is 0 Å². The zero-order chi connectivity index (χ0) is 15.8. The minimum absolute atomic E-state index is 0.000554. The van der Waals surface area contributed by atoms with Gasteiger partial charge in [-0.15, -0.1) is 0 Å². The van der Waals surface area contributed by atoms with Gasteiger partial charge in [0.15, 0.2) is 6.61 Å². The maximum Gasteiger partial charge on any atom is 0.264 e. The smallest absolute Gasteiger partial charge is 0.264 e. The van der Waals surface area contributed by atoms with Crippen molar-refractivity contribution in [1.82, 2.24) is 0 Å². The number of likely N-dealkylation sites (N-methyl/N-ethyl adjacent to an activating group) is 1. The number of rotatable bonds is 7. The fourth-order valence-corrected chi connectivity index (χ4v) is 1.89. The summed E-state index contributed by atoms with van der Waals surface area (Å²) in [7, 11) is 1.74. The molecule has 0 heterocycles. The average Bonchev–Trinajstić information content (AvgIpc) is 2.58. The van der Waals surface area contributed by atoms with Gasteiger partial charge in [0.25, 0.3) is 5.91 Å². The first-order chi connectivity index (χ1) is 10.7. The Kier molecular flexibility index (Phi) is 5.83. The van der Waals surface area contributed by atoms with Gasteiger partial charge in [0.1, 0.15) is 11.5 Å². The van der Waals surface area contributed by atoms with Crippen LogP contribution in [-0.4, -0.2) is 26.2 Å². The highest BCUT2D eigenvalue weighted by Crippen LogP contribution is 2.18. The average molecular weight is 299 g/mol. The minimum atomic E-state index is -0.0995. The molecule has 2 rings (SSSR count). The Morgan fingerprint density at radius 2 is 1.55 bits per heavy atom. The van der Waals surface area contributed by atoms with Crippen molar-refractivity contribution in [3.63, 3.8) is 0 Å². The number of carbonyl (C=O) groups is 1. The molecule has 0 atom stereocenters. The van der Waals surface area contributed by atoms with Crippen molar-refractivity contribution in [1.29, 1.82) is 0 Å². The molecule has 0 aliphatic carbocycles. The summed E-state index contributed by atoms with van der Waals surface area (Å²) in [4.78, 5) is 13.7. The molecule has 0 fully saturated rings. The summed E-state index contributed by atoms with van der Waals surface area (Å²) in [5, 5.41) is 0. The predicted molar refractivity (Wildman–Crippen MR) is 87.6 cm³/mol. The fourth-order valence-electron chi connectivity index (χ4n) is 1.89. The van der Waals surface area contributed by atoms with E-state index in [2.05, 4.69) is 6.92 Å². The molecule has 4 nitrogen and oxygen atoms in total. The lowest BCUT2D eigenvalue weighted by Gasteiger charge is -2.17. The van der Waals surface area contributed by atoms with Crippen molar-refractivity contribution in [3.8, 4) is 11.5 Å². The Morgan fingerprint density at radius 1 is 0.955 bits per heavy atom. The number of ether oxygens (including phenoxy) is 2. The van der Waals surface area contributed by atoms with Gasteiger partial charge in [-0.05, 0) is 42.8 Å². The molecule has 1 amide bonds. The van der Waals surface area contributed by atoms with E-state index in [0.29, 0.717) is 12.4 Å². The van der Waals surface area contributed by atoms with Crippen LogP contribution >= 0.6 is 0 Å². The summed E-state index contributed by atoms with van der Waals surface area (Å²) >= 11 is 0. The van der Waals surface area contributed by atoms with E-state index < -0.39 is 0 Å². The number of amides is 1. The number of anilines is 1. The Hall–Kier alpha value is -2.49. The molecule has 0 saturated carbocycles. The first-order valence-electron chi connectivity index (χ1n) is 7.38. The van der Waals surface area contributed by atoms with Crippen LogP contribution in [0.2, 0.25) is 0 Å². The minimum Gasteiger partial charge on any atom is -0.494 e. The van der Waals surface area contributed by atoms with Gasteiger partial charge in [0.05, 0.1) is 6.61 Å². The first-order valence-corrected chi connectivity index (χ1v) is 7.38. The van der Waals surface area contributed by atoms with Crippen LogP contribution < -0.4 is 14.4 Å². The quantitative estimate of drug-likeness (QED) is 0.785. The maximum atomic E-state index is 12.1. The maximum absolute atomic E-state index is 12.1. The lowest BCUT2D eigenvalue weighted by Crippen LogP contribution is -2.31. The number of nitrogens with zero attached hydrogens (tertiary/aromatic N) is 1. The van der Waals surface area contributed by atoms with E-state index in [9.17, 15) is 4.79 Å². The largest absolute Gasteiger partial charge is 0.494 e. The standard InChI is InChI=1S/C18H21NO3/c1-3-13-21-16-9-11-17(12-10-16)22-14-18(20)19(2)15-7-5-4-6-8-15/h4-12H,3,13-14H2,1-2H3. The number of hydrogen-bond acceptors (Lipinski definition) is 3. The first kappa shape index (κ1) is 15.9. The van der Waals surface area contributed by atoms with Crippen LogP contribution in [0.4, 0.5) is 5.69 Å². The second-order valence-electron chi connectivity index (χ2n) is 4.90. The van der Waals surface area contributed by atoms with Crippen molar-refractivity contribution in [2.75, 3.05) is 25.2 Å². The van der Waals surface area contributed by atoms with Crippen molar-refractivity contribution in [3.05, 3.63) is 54.6 Å². The summed E-state index contributed by atoms with van der Waals surface area (Å²) in [6.07, 6.45) is 0.971. The van der Waals surface area contributed by atoms with Crippen LogP contribution in [0, 0.1) is 0 Å². The molecule has 0 saturated heterocycles. The SMILES string of the molecule is CCCOc1ccc(OCC(=O)N(C)c2ccccc2)cc1. The number of benzene rings is 2. The summed E-state index contributed by atoms with van der Waals surface area (Å²) in [6, 6.07) is 16.8. The van der Waals surface area contributed by atoms with Gasteiger partial charge < -0.3 is 14.4 Å². The lowest BCUT2D eigenvalue weighted by atomic mass is 10.3. The number of hydrogen-bond donors (Lipinski definition) is 0. The number of para-hydroxylation sites is 1. The third-order valence-electron chi connectivity index (χ3n) is 3.18. The molecule has 0 spiro atoms. The van der Waals surface area contributed by atoms with Gasteiger partial charge in [0, 0.05) is 12.7 Å². The van der Waals surface area contributed by atoms with E-state index in [4.69, 9.17) is 9.47 Å². The molecule has 0 aliphatic heterocycles. The summed E-state index contributed by atoms with van der Waals surface area (Å²) in [6.45, 7) is 2.76. The zero-order valence-corrected chi connectivity index (χ0v) is 13.0. The molecule has 2 aromatic rings. The normalized spacial score (nSPS) is 10.1. The second-order valence-corrected chi connectivity index (χ2v) is 4.90. The molecule has 2 aromatic carbocycles. The Labute approximate surface area is 131 Å². The van der Waals surface area contributed by atoms with Crippen molar-refractivity contribution in [2.45, 2.75) is 13.3 Å². The van der Waals surface area contributed by atoms with E-state index in [-0.39, 0.29) is 12.5 Å². The van der Waals surface area contributed by atoms with Crippen molar-refractivity contribution in [2.24, 2.45) is 0 Å². The van der Waals surface area contributed by atoms with Gasteiger partial charge in [0.2, 0.25) is 0 Å². The molecular formula is C18H21NO3. The van der Waals surface area contributed by atoms with Gasteiger partial charge >= 0.3 is 0 Å². The molecule has 22 heavy (non-hydrogen) atoms. The zero-order valence-electron chi connectivity index (χ0n) is 13.0. The highest BCUT2D eigenvalue weighted by Gasteiger charge is 2.11. The van der Waals surface area contributed by atoms with Gasteiger partial charge in [-0.1, -0.05) is 25.1 Å². The Bertz CT molecular complexity index is 581. The third kappa shape index (κ3) is 4.52. The van der Waals surface area contributed by atoms with E-state index in [1.165, 1.54) is 0 Å². The van der Waals surface area contributed by atoms with Crippen molar-refractivity contribution >= 4 is 11.6 Å². The van der Waals surface area contributed by atoms with Crippen LogP contribution in [0.15, 0.2) is 54.6 Å². The molecule has 0 aromatic heterocycles. The van der Waals surface area contributed by atoms with E-state index >= 15 is 0 Å². The summed E-state index contributed by atoms with van der Waals surface area (Å²) < 4.78 is 11.0. The molecule has 0 bridgehead atoms. The topological polar surface area (TPSA) is 38.8 Å². The summed E-state index contributed by atoms with van der Waals surface area (Å²) in [5.74, 6) is 1.36. The highest BCUT2D eigenvalue weighted by molar-refractivity contribution is 5.93. The van der Waals surface area contributed by atoms with E-state index in [1.54, 1.807) is 24.1 Å². The third-order valence-corrected chi connectivity index (χ3v) is 3.18. The van der Waals surface area contributed by atoms with Gasteiger partial charge in [-0.2, -0.15) is 0 Å². The van der Waals surface area contributed by atoms with E-state index in [1.807, 2.05) is 42.5 Å². The van der Waals surface area contributed by atoms with Gasteiger partial charge in [-0.3, -0.25) is 4.79 Å². The molecule has 0 N–H and O–H groups in total. The van der Waals surface area contributed by atoms with Crippen LogP contribution in [0.1, 0.15) is 13.3 Å². The molecule has 0 aliphatic rings. The Balaban J connectivity index is 1.85. The van der Waals surface area contributed by atoms with Crippen LogP contribution in [0.5, 0.6) is 11.5 Å². The van der Waals surface area contributed by atoms with E-state index in [0.717, 1.165) is 17.9 Å². The monoisotopic (exact) mass is 299 g/mol. The Morgan fingerprint density at radius 3 is 2.14 bits per heavy atom. The van der Waals surface area contributed by atoms with Gasteiger partial charge in [-0.25, -0.2) is 0 Å². The highest BCUT2D eigenvalue weighted by atomic mass is 16.5. The fraction of sp³-hybridized carbons (Fsp3) is 0.278. The molecule has 116 valence electrons. The predicted octanol–water partition coefficient (Wildman–Crippen LogP) is 3.52. The molecular weight excluding hydrogens is 278 g/mol.